The maximum absolute atomic E-state index is 13.5. The predicted molar refractivity (Wildman–Crippen MR) is 76.8 cm³/mol. The van der Waals surface area contributed by atoms with Crippen molar-refractivity contribution >= 4 is 0 Å². The molecule has 1 atom stereocenters. The molecule has 3 nitrogen and oxygen atoms in total. The molecule has 2 aromatic rings. The molecule has 0 spiro atoms. The monoisotopic (exact) mass is 275 g/mol. The molecule has 0 amide bonds. The quantitative estimate of drug-likeness (QED) is 0.909. The van der Waals surface area contributed by atoms with Crippen LogP contribution in [0.1, 0.15) is 17.2 Å². The van der Waals surface area contributed by atoms with Gasteiger partial charge < -0.3 is 14.8 Å². The summed E-state index contributed by atoms with van der Waals surface area (Å²) in [6, 6.07) is 12.6. The molecular formula is C16H18FNO2. The molecule has 0 bridgehead atoms. The summed E-state index contributed by atoms with van der Waals surface area (Å²) in [5.74, 6) is 0.692. The third-order valence-electron chi connectivity index (χ3n) is 3.25. The maximum Gasteiger partial charge on any atom is 0.165 e. The summed E-state index contributed by atoms with van der Waals surface area (Å²) >= 11 is 0. The van der Waals surface area contributed by atoms with Gasteiger partial charge in [-0.25, -0.2) is 4.39 Å². The van der Waals surface area contributed by atoms with Crippen LogP contribution in [0.25, 0.3) is 0 Å². The molecule has 0 aliphatic rings. The van der Waals surface area contributed by atoms with Gasteiger partial charge in [-0.1, -0.05) is 18.2 Å². The zero-order valence-corrected chi connectivity index (χ0v) is 11.8. The van der Waals surface area contributed by atoms with Crippen LogP contribution in [0, 0.1) is 5.82 Å². The van der Waals surface area contributed by atoms with Gasteiger partial charge in [0.15, 0.2) is 11.6 Å². The topological polar surface area (TPSA) is 30.5 Å². The van der Waals surface area contributed by atoms with Gasteiger partial charge in [-0.2, -0.15) is 0 Å². The third kappa shape index (κ3) is 2.91. The molecule has 0 aliphatic heterocycles. The number of halogens is 1. The van der Waals surface area contributed by atoms with Gasteiger partial charge in [-0.3, -0.25) is 0 Å². The number of nitrogens with one attached hydrogen (secondary N) is 1. The Bertz CT molecular complexity index is 569. The van der Waals surface area contributed by atoms with E-state index in [1.807, 2.05) is 31.3 Å². The van der Waals surface area contributed by atoms with Crippen molar-refractivity contribution in [2.75, 3.05) is 21.3 Å². The minimum atomic E-state index is -0.360. The van der Waals surface area contributed by atoms with Crippen LogP contribution in [0.15, 0.2) is 42.5 Å². The fourth-order valence-electron chi connectivity index (χ4n) is 2.18. The largest absolute Gasteiger partial charge is 0.497 e. The number of hydrogen-bond donors (Lipinski definition) is 1. The van der Waals surface area contributed by atoms with Gasteiger partial charge in [-0.15, -0.1) is 0 Å². The van der Waals surface area contributed by atoms with E-state index in [1.165, 1.54) is 13.2 Å². The van der Waals surface area contributed by atoms with Crippen LogP contribution in [-0.2, 0) is 0 Å². The van der Waals surface area contributed by atoms with Crippen molar-refractivity contribution in [2.24, 2.45) is 0 Å². The Balaban J connectivity index is 2.35. The van der Waals surface area contributed by atoms with Crippen LogP contribution >= 0.6 is 0 Å². The summed E-state index contributed by atoms with van der Waals surface area (Å²) < 4.78 is 23.7. The number of benzene rings is 2. The molecule has 1 unspecified atom stereocenters. The molecule has 2 rings (SSSR count). The molecule has 1 N–H and O–H groups in total. The second kappa shape index (κ2) is 6.39. The Morgan fingerprint density at radius 2 is 1.60 bits per heavy atom. The Kier molecular flexibility index (Phi) is 4.58. The molecule has 20 heavy (non-hydrogen) atoms. The van der Waals surface area contributed by atoms with E-state index < -0.39 is 0 Å². The van der Waals surface area contributed by atoms with Crippen LogP contribution in [0.4, 0.5) is 4.39 Å². The van der Waals surface area contributed by atoms with Crippen LogP contribution in [0.3, 0.4) is 0 Å². The van der Waals surface area contributed by atoms with Crippen molar-refractivity contribution in [2.45, 2.75) is 6.04 Å². The lowest BCUT2D eigenvalue weighted by Gasteiger charge is -2.18. The third-order valence-corrected chi connectivity index (χ3v) is 3.25. The van der Waals surface area contributed by atoms with E-state index in [1.54, 1.807) is 19.2 Å². The lowest BCUT2D eigenvalue weighted by atomic mass is 9.98. The first kappa shape index (κ1) is 14.3. The maximum atomic E-state index is 13.5. The Morgan fingerprint density at radius 3 is 2.15 bits per heavy atom. The lowest BCUT2D eigenvalue weighted by Crippen LogP contribution is -2.17. The predicted octanol–water partition coefficient (Wildman–Crippen LogP) is 3.15. The van der Waals surface area contributed by atoms with E-state index in [4.69, 9.17) is 9.47 Å². The van der Waals surface area contributed by atoms with Gasteiger partial charge in [0.05, 0.1) is 20.3 Å². The zero-order valence-electron chi connectivity index (χ0n) is 11.8. The number of ether oxygens (including phenoxy) is 2. The summed E-state index contributed by atoms with van der Waals surface area (Å²) in [4.78, 5) is 0. The Hall–Kier alpha value is -2.07. The van der Waals surface area contributed by atoms with Crippen molar-refractivity contribution in [3.8, 4) is 11.5 Å². The molecule has 0 radical (unpaired) electrons. The molecule has 2 aromatic carbocycles. The van der Waals surface area contributed by atoms with Crippen molar-refractivity contribution in [3.63, 3.8) is 0 Å². The Labute approximate surface area is 118 Å². The van der Waals surface area contributed by atoms with Gasteiger partial charge in [0.2, 0.25) is 0 Å². The van der Waals surface area contributed by atoms with Crippen LogP contribution in [0.2, 0.25) is 0 Å². The standard InChI is InChI=1S/C16H18FNO2/c1-18-16(11-4-7-13(19-2)8-5-11)12-6-9-14(17)15(10-12)20-3/h4-10,16,18H,1-3H3. The van der Waals surface area contributed by atoms with Gasteiger partial charge in [0.1, 0.15) is 5.75 Å². The van der Waals surface area contributed by atoms with Crippen molar-refractivity contribution in [1.82, 2.24) is 5.32 Å². The fraction of sp³-hybridized carbons (Fsp3) is 0.250. The Morgan fingerprint density at radius 1 is 0.950 bits per heavy atom. The molecular weight excluding hydrogens is 257 g/mol. The summed E-state index contributed by atoms with van der Waals surface area (Å²) in [5.41, 5.74) is 2.01. The first-order valence-electron chi connectivity index (χ1n) is 6.34. The summed E-state index contributed by atoms with van der Waals surface area (Å²) in [7, 11) is 4.96. The smallest absolute Gasteiger partial charge is 0.165 e. The highest BCUT2D eigenvalue weighted by atomic mass is 19.1. The highest BCUT2D eigenvalue weighted by molar-refractivity contribution is 5.39. The normalized spacial score (nSPS) is 12.0. The minimum absolute atomic E-state index is 0.0320. The van der Waals surface area contributed by atoms with Gasteiger partial charge in [0.25, 0.3) is 0 Å². The van der Waals surface area contributed by atoms with Crippen LogP contribution in [0.5, 0.6) is 11.5 Å². The molecule has 0 aromatic heterocycles. The van der Waals surface area contributed by atoms with E-state index in [9.17, 15) is 4.39 Å². The van der Waals surface area contributed by atoms with Crippen LogP contribution in [-0.4, -0.2) is 21.3 Å². The molecule has 0 fully saturated rings. The number of methoxy groups -OCH3 is 2. The van der Waals surface area contributed by atoms with E-state index in [-0.39, 0.29) is 17.6 Å². The molecule has 0 heterocycles. The fourth-order valence-corrected chi connectivity index (χ4v) is 2.18. The van der Waals surface area contributed by atoms with E-state index in [2.05, 4.69) is 5.32 Å². The van der Waals surface area contributed by atoms with Crippen molar-refractivity contribution in [3.05, 3.63) is 59.4 Å². The van der Waals surface area contributed by atoms with E-state index >= 15 is 0 Å². The molecule has 0 saturated carbocycles. The first-order valence-corrected chi connectivity index (χ1v) is 6.34. The van der Waals surface area contributed by atoms with E-state index in [0.29, 0.717) is 0 Å². The van der Waals surface area contributed by atoms with E-state index in [0.717, 1.165) is 16.9 Å². The number of hydrogen-bond acceptors (Lipinski definition) is 3. The molecule has 0 aliphatic carbocycles. The zero-order chi connectivity index (χ0) is 14.5. The van der Waals surface area contributed by atoms with Gasteiger partial charge >= 0.3 is 0 Å². The van der Waals surface area contributed by atoms with Gasteiger partial charge in [-0.05, 0) is 42.4 Å². The molecule has 0 saturated heterocycles. The second-order valence-electron chi connectivity index (χ2n) is 4.39. The first-order chi connectivity index (χ1) is 9.69. The lowest BCUT2D eigenvalue weighted by molar-refractivity contribution is 0.385. The van der Waals surface area contributed by atoms with Crippen molar-refractivity contribution < 1.29 is 13.9 Å². The highest BCUT2D eigenvalue weighted by Gasteiger charge is 2.14. The van der Waals surface area contributed by atoms with Gasteiger partial charge in [0, 0.05) is 0 Å². The number of rotatable bonds is 5. The summed E-state index contributed by atoms with van der Waals surface area (Å²) in [6.07, 6.45) is 0. The van der Waals surface area contributed by atoms with Crippen LogP contribution < -0.4 is 14.8 Å². The van der Waals surface area contributed by atoms with Crippen molar-refractivity contribution in [1.29, 1.82) is 0 Å². The second-order valence-corrected chi connectivity index (χ2v) is 4.39. The summed E-state index contributed by atoms with van der Waals surface area (Å²) in [6.45, 7) is 0. The highest BCUT2D eigenvalue weighted by Crippen LogP contribution is 2.27. The minimum Gasteiger partial charge on any atom is -0.497 e. The summed E-state index contributed by atoms with van der Waals surface area (Å²) in [5, 5.41) is 3.22. The molecule has 4 heteroatoms. The SMILES string of the molecule is CNC(c1ccc(OC)cc1)c1ccc(F)c(OC)c1. The average Bonchev–Trinajstić information content (AvgIpc) is 2.50. The average molecular weight is 275 g/mol. The molecule has 106 valence electrons.